The Balaban J connectivity index is 1.33. The molecule has 4 rings (SSSR count). The van der Waals surface area contributed by atoms with Crippen LogP contribution >= 0.6 is 0 Å². The first-order chi connectivity index (χ1) is 13.6. The fraction of sp³-hybridized carbons (Fsp3) is 0.529. The zero-order valence-electron chi connectivity index (χ0n) is 15.0. The van der Waals surface area contributed by atoms with Crippen molar-refractivity contribution in [2.45, 2.75) is 50.5 Å². The minimum absolute atomic E-state index is 0.00111. The van der Waals surface area contributed by atoms with Crippen molar-refractivity contribution in [3.05, 3.63) is 46.8 Å². The maximum Gasteiger partial charge on any atom is 0.451 e. The van der Waals surface area contributed by atoms with Gasteiger partial charge in [0, 0.05) is 25.2 Å². The van der Waals surface area contributed by atoms with Gasteiger partial charge >= 0.3 is 6.18 Å². The van der Waals surface area contributed by atoms with E-state index in [1.54, 1.807) is 0 Å². The van der Waals surface area contributed by atoms with Crippen LogP contribution in [0.25, 0.3) is 0 Å². The van der Waals surface area contributed by atoms with Crippen LogP contribution in [0.3, 0.4) is 0 Å². The Morgan fingerprint density at radius 3 is 2.55 bits per heavy atom. The van der Waals surface area contributed by atoms with Gasteiger partial charge in [0.2, 0.25) is 5.82 Å². The van der Waals surface area contributed by atoms with Crippen LogP contribution in [0.4, 0.5) is 26.3 Å². The van der Waals surface area contributed by atoms with Gasteiger partial charge in [-0.1, -0.05) is 0 Å². The lowest BCUT2D eigenvalue weighted by molar-refractivity contribution is -0.148. The van der Waals surface area contributed by atoms with Gasteiger partial charge in [-0.05, 0) is 24.5 Å². The molecule has 29 heavy (non-hydrogen) atoms. The van der Waals surface area contributed by atoms with Gasteiger partial charge in [0.25, 0.3) is 0 Å². The molecule has 2 aliphatic rings. The predicted octanol–water partition coefficient (Wildman–Crippen LogP) is 2.21. The molecule has 12 heteroatoms. The molecule has 2 N–H and O–H groups in total. The summed E-state index contributed by atoms with van der Waals surface area (Å²) in [7, 11) is 0. The van der Waals surface area contributed by atoms with E-state index in [1.165, 1.54) is 0 Å². The van der Waals surface area contributed by atoms with E-state index in [1.807, 2.05) is 4.90 Å². The molecule has 3 atom stereocenters. The summed E-state index contributed by atoms with van der Waals surface area (Å²) < 4.78 is 85.3. The van der Waals surface area contributed by atoms with Crippen LogP contribution in [0, 0.1) is 17.5 Å². The van der Waals surface area contributed by atoms with E-state index < -0.39 is 35.5 Å². The van der Waals surface area contributed by atoms with Gasteiger partial charge in [-0.3, -0.25) is 4.90 Å². The number of hydrogen-bond donors (Lipinski definition) is 1. The Morgan fingerprint density at radius 1 is 1.10 bits per heavy atom. The third-order valence-electron chi connectivity index (χ3n) is 5.06. The molecule has 158 valence electrons. The number of nitrogens with two attached hydrogens (primary N) is 1. The van der Waals surface area contributed by atoms with E-state index in [9.17, 15) is 26.3 Å². The van der Waals surface area contributed by atoms with Crippen LogP contribution in [0.15, 0.2) is 12.1 Å². The average molecular weight is 421 g/mol. The lowest BCUT2D eigenvalue weighted by Gasteiger charge is -2.26. The van der Waals surface area contributed by atoms with Crippen molar-refractivity contribution < 1.29 is 31.1 Å². The standard InChI is InChI=1S/C17H17F6N5O/c18-10-6-12(20)11(19)4-8(10)3-9(24)5-13-15(29-13)27-1-2-28-14(7-27)25-26-16(28)17(21,22)23/h4,6,9,13,15H,1-3,5,7,24H2/t9-,13?,15?/m1/s1. The van der Waals surface area contributed by atoms with Crippen molar-refractivity contribution in [1.29, 1.82) is 0 Å². The number of fused-ring (bicyclic) bond motifs is 1. The van der Waals surface area contributed by atoms with Gasteiger partial charge in [0.05, 0.1) is 6.54 Å². The van der Waals surface area contributed by atoms with Crippen LogP contribution in [0.2, 0.25) is 0 Å². The molecule has 2 aliphatic heterocycles. The molecule has 0 amide bonds. The number of alkyl halides is 3. The van der Waals surface area contributed by atoms with Gasteiger partial charge < -0.3 is 15.0 Å². The molecule has 1 fully saturated rings. The zero-order valence-corrected chi connectivity index (χ0v) is 15.0. The molecule has 2 aromatic rings. The maximum atomic E-state index is 13.7. The fourth-order valence-corrected chi connectivity index (χ4v) is 3.61. The number of aromatic nitrogens is 3. The van der Waals surface area contributed by atoms with Crippen molar-refractivity contribution in [2.75, 3.05) is 6.54 Å². The highest BCUT2D eigenvalue weighted by molar-refractivity contribution is 5.21. The first-order valence-corrected chi connectivity index (χ1v) is 8.91. The van der Waals surface area contributed by atoms with E-state index in [2.05, 4.69) is 10.2 Å². The number of hydrogen-bond acceptors (Lipinski definition) is 5. The van der Waals surface area contributed by atoms with Gasteiger partial charge in [-0.2, -0.15) is 13.2 Å². The third kappa shape index (κ3) is 4.09. The highest BCUT2D eigenvalue weighted by Gasteiger charge is 2.47. The lowest BCUT2D eigenvalue weighted by Crippen LogP contribution is -2.38. The summed E-state index contributed by atoms with van der Waals surface area (Å²) in [5, 5.41) is 6.84. The molecule has 0 radical (unpaired) electrons. The van der Waals surface area contributed by atoms with Gasteiger partial charge in [0.1, 0.15) is 24.0 Å². The van der Waals surface area contributed by atoms with E-state index >= 15 is 0 Å². The van der Waals surface area contributed by atoms with E-state index in [4.69, 9.17) is 10.5 Å². The van der Waals surface area contributed by atoms with Crippen LogP contribution in [-0.2, 0) is 30.4 Å². The Bertz CT molecular complexity index is 916. The number of ether oxygens (including phenoxy) is 1. The van der Waals surface area contributed by atoms with Crippen LogP contribution in [0.1, 0.15) is 23.6 Å². The number of benzene rings is 1. The summed E-state index contributed by atoms with van der Waals surface area (Å²) in [6.07, 6.45) is -4.85. The Morgan fingerprint density at radius 2 is 1.83 bits per heavy atom. The molecule has 1 aromatic carbocycles. The number of halogens is 6. The second-order valence-electron chi connectivity index (χ2n) is 7.18. The summed E-state index contributed by atoms with van der Waals surface area (Å²) in [4.78, 5) is 1.83. The molecule has 1 saturated heterocycles. The fourth-order valence-electron chi connectivity index (χ4n) is 3.61. The van der Waals surface area contributed by atoms with Crippen molar-refractivity contribution >= 4 is 0 Å². The normalized spacial score (nSPS) is 23.1. The molecule has 0 aliphatic carbocycles. The average Bonchev–Trinajstić information content (AvgIpc) is 3.24. The summed E-state index contributed by atoms with van der Waals surface area (Å²) in [6.45, 7) is 0.551. The Hall–Kier alpha value is -2.18. The van der Waals surface area contributed by atoms with Crippen molar-refractivity contribution in [2.24, 2.45) is 5.73 Å². The van der Waals surface area contributed by atoms with Crippen LogP contribution in [0.5, 0.6) is 0 Å². The van der Waals surface area contributed by atoms with Crippen molar-refractivity contribution in [3.63, 3.8) is 0 Å². The summed E-state index contributed by atoms with van der Waals surface area (Å²) in [5.74, 6) is -4.10. The highest BCUT2D eigenvalue weighted by atomic mass is 19.4. The monoisotopic (exact) mass is 421 g/mol. The second-order valence-corrected chi connectivity index (χ2v) is 7.18. The molecule has 6 nitrogen and oxygen atoms in total. The molecule has 0 saturated carbocycles. The van der Waals surface area contributed by atoms with Crippen molar-refractivity contribution in [3.8, 4) is 0 Å². The number of nitrogens with zero attached hydrogens (tertiary/aromatic N) is 4. The third-order valence-corrected chi connectivity index (χ3v) is 5.06. The first kappa shape index (κ1) is 20.1. The number of rotatable bonds is 5. The number of epoxide rings is 1. The van der Waals surface area contributed by atoms with E-state index in [-0.39, 0.29) is 43.2 Å². The van der Waals surface area contributed by atoms with E-state index in [0.717, 1.165) is 10.6 Å². The first-order valence-electron chi connectivity index (χ1n) is 8.91. The predicted molar refractivity (Wildman–Crippen MR) is 86.7 cm³/mol. The molecular weight excluding hydrogens is 404 g/mol. The van der Waals surface area contributed by atoms with Crippen LogP contribution < -0.4 is 5.73 Å². The largest absolute Gasteiger partial charge is 0.451 e. The minimum Gasteiger partial charge on any atom is -0.353 e. The molecule has 2 unspecified atom stereocenters. The smallest absolute Gasteiger partial charge is 0.353 e. The SMILES string of the molecule is N[C@H](Cc1cc(F)c(F)cc1F)CC1OC1N1CCn2c(nnc2C(F)(F)F)C1. The molecule has 0 bridgehead atoms. The molecule has 3 heterocycles. The molecule has 0 spiro atoms. The second kappa shape index (κ2) is 7.26. The minimum atomic E-state index is -4.56. The topological polar surface area (TPSA) is 72.5 Å². The van der Waals surface area contributed by atoms with Crippen molar-refractivity contribution in [1.82, 2.24) is 19.7 Å². The maximum absolute atomic E-state index is 13.7. The Kier molecular flexibility index (Phi) is 5.03. The van der Waals surface area contributed by atoms with Gasteiger partial charge in [0.15, 0.2) is 11.6 Å². The lowest BCUT2D eigenvalue weighted by atomic mass is 10.0. The van der Waals surface area contributed by atoms with Gasteiger partial charge in [-0.15, -0.1) is 10.2 Å². The van der Waals surface area contributed by atoms with Crippen LogP contribution in [-0.4, -0.2) is 44.6 Å². The molecular formula is C17H17F6N5O. The highest BCUT2D eigenvalue weighted by Crippen LogP contribution is 2.34. The summed E-state index contributed by atoms with van der Waals surface area (Å²) >= 11 is 0. The Labute approximate surface area is 161 Å². The zero-order chi connectivity index (χ0) is 20.9. The summed E-state index contributed by atoms with van der Waals surface area (Å²) in [5.41, 5.74) is 5.96. The van der Waals surface area contributed by atoms with E-state index in [0.29, 0.717) is 19.0 Å². The van der Waals surface area contributed by atoms with Gasteiger partial charge in [-0.25, -0.2) is 13.2 Å². The summed E-state index contributed by atoms with van der Waals surface area (Å²) in [6, 6.07) is 0.702. The quantitative estimate of drug-likeness (QED) is 0.456. The molecule has 1 aromatic heterocycles.